The van der Waals surface area contributed by atoms with E-state index >= 15 is 0 Å². The average molecular weight is 402 g/mol. The lowest BCUT2D eigenvalue weighted by atomic mass is 9.93. The van der Waals surface area contributed by atoms with E-state index < -0.39 is 4.92 Å². The summed E-state index contributed by atoms with van der Waals surface area (Å²) >= 11 is 5.86. The number of halogens is 1. The van der Waals surface area contributed by atoms with Gasteiger partial charge in [0.1, 0.15) is 5.82 Å². The first kappa shape index (κ1) is 18.6. The molecule has 1 saturated heterocycles. The van der Waals surface area contributed by atoms with Crippen molar-refractivity contribution >= 4 is 34.7 Å². The summed E-state index contributed by atoms with van der Waals surface area (Å²) in [5, 5.41) is 14.0. The Hall–Kier alpha value is -2.74. The molecule has 1 aromatic carbocycles. The van der Waals surface area contributed by atoms with Crippen LogP contribution in [-0.4, -0.2) is 33.9 Å². The van der Waals surface area contributed by atoms with Crippen LogP contribution in [0.3, 0.4) is 0 Å². The highest BCUT2D eigenvalue weighted by molar-refractivity contribution is 6.28. The van der Waals surface area contributed by atoms with E-state index in [1.165, 1.54) is 31.0 Å². The number of nitrogens with one attached hydrogen (secondary N) is 1. The van der Waals surface area contributed by atoms with Crippen LogP contribution in [-0.2, 0) is 0 Å². The molecule has 0 atom stereocenters. The van der Waals surface area contributed by atoms with Crippen molar-refractivity contribution in [1.82, 2.24) is 9.97 Å². The predicted molar refractivity (Wildman–Crippen MR) is 106 cm³/mol. The lowest BCUT2D eigenvalue weighted by molar-refractivity contribution is -0.384. The van der Waals surface area contributed by atoms with Gasteiger partial charge in [-0.1, -0.05) is 0 Å². The molecule has 8 nitrogen and oxygen atoms in total. The summed E-state index contributed by atoms with van der Waals surface area (Å²) in [5.74, 6) is -0.0897. The Kier molecular flexibility index (Phi) is 4.66. The molecular formula is C19H20ClN5O3. The van der Waals surface area contributed by atoms with Crippen LogP contribution in [0.1, 0.15) is 41.7 Å². The fraction of sp³-hybridized carbons (Fsp3) is 0.421. The molecule has 2 aliphatic rings. The van der Waals surface area contributed by atoms with Crippen LogP contribution in [0.2, 0.25) is 5.28 Å². The van der Waals surface area contributed by atoms with E-state index in [-0.39, 0.29) is 16.9 Å². The zero-order chi connectivity index (χ0) is 19.9. The van der Waals surface area contributed by atoms with Crippen LogP contribution in [0.4, 0.5) is 17.2 Å². The molecule has 4 rings (SSSR count). The van der Waals surface area contributed by atoms with E-state index in [0.29, 0.717) is 28.2 Å². The van der Waals surface area contributed by atoms with Gasteiger partial charge >= 0.3 is 0 Å². The van der Waals surface area contributed by atoms with Crippen molar-refractivity contribution in [2.45, 2.75) is 32.6 Å². The summed E-state index contributed by atoms with van der Waals surface area (Å²) in [6.07, 6.45) is 4.63. The highest BCUT2D eigenvalue weighted by atomic mass is 35.5. The van der Waals surface area contributed by atoms with Gasteiger partial charge in [-0.25, -0.2) is 9.97 Å². The van der Waals surface area contributed by atoms with E-state index in [1.54, 1.807) is 13.0 Å². The van der Waals surface area contributed by atoms with Gasteiger partial charge in [0.15, 0.2) is 0 Å². The number of benzene rings is 1. The van der Waals surface area contributed by atoms with Crippen molar-refractivity contribution in [1.29, 1.82) is 0 Å². The Morgan fingerprint density at radius 1 is 1.21 bits per heavy atom. The first-order valence-corrected chi connectivity index (χ1v) is 9.59. The van der Waals surface area contributed by atoms with E-state index in [2.05, 4.69) is 20.2 Å². The molecule has 1 spiro atoms. The van der Waals surface area contributed by atoms with Crippen LogP contribution in [0.15, 0.2) is 24.3 Å². The first-order valence-electron chi connectivity index (χ1n) is 9.21. The number of anilines is 2. The molecule has 28 heavy (non-hydrogen) atoms. The van der Waals surface area contributed by atoms with E-state index in [0.717, 1.165) is 25.9 Å². The molecule has 1 aliphatic carbocycles. The smallest absolute Gasteiger partial charge is 0.271 e. The Bertz CT molecular complexity index is 930. The number of carbonyl (C=O) groups excluding carboxylic acids is 1. The van der Waals surface area contributed by atoms with E-state index in [9.17, 15) is 14.9 Å². The van der Waals surface area contributed by atoms with Gasteiger partial charge in [0, 0.05) is 37.0 Å². The third-order valence-corrected chi connectivity index (χ3v) is 5.80. The molecule has 0 unspecified atom stereocenters. The molecular weight excluding hydrogens is 382 g/mol. The van der Waals surface area contributed by atoms with Gasteiger partial charge < -0.3 is 10.2 Å². The molecule has 1 aromatic heterocycles. The monoisotopic (exact) mass is 401 g/mol. The molecule has 2 heterocycles. The summed E-state index contributed by atoms with van der Waals surface area (Å²) in [5.41, 5.74) is 2.03. The molecule has 1 N–H and O–H groups in total. The van der Waals surface area contributed by atoms with Crippen LogP contribution < -0.4 is 10.2 Å². The largest absolute Gasteiger partial charge is 0.371 e. The predicted octanol–water partition coefficient (Wildman–Crippen LogP) is 3.98. The Labute approximate surface area is 167 Å². The van der Waals surface area contributed by atoms with Crippen LogP contribution in [0, 0.1) is 22.5 Å². The van der Waals surface area contributed by atoms with Crippen LogP contribution in [0.5, 0.6) is 0 Å². The molecule has 2 aromatic rings. The highest BCUT2D eigenvalue weighted by Crippen LogP contribution is 2.54. The van der Waals surface area contributed by atoms with Crippen LogP contribution in [0.25, 0.3) is 0 Å². The number of nitro benzene ring substituents is 1. The average Bonchev–Trinajstić information content (AvgIpc) is 3.40. The minimum Gasteiger partial charge on any atom is -0.371 e. The normalized spacial score (nSPS) is 17.4. The summed E-state index contributed by atoms with van der Waals surface area (Å²) in [7, 11) is 0. The highest BCUT2D eigenvalue weighted by Gasteiger charge is 2.44. The zero-order valence-corrected chi connectivity index (χ0v) is 16.2. The molecule has 1 amide bonds. The second-order valence-corrected chi connectivity index (χ2v) is 7.90. The van der Waals surface area contributed by atoms with Crippen molar-refractivity contribution in [2.75, 3.05) is 23.3 Å². The lowest BCUT2D eigenvalue weighted by Gasteiger charge is -2.34. The summed E-state index contributed by atoms with van der Waals surface area (Å²) < 4.78 is 0. The molecule has 1 saturated carbocycles. The van der Waals surface area contributed by atoms with Gasteiger partial charge in [-0.2, -0.15) is 0 Å². The number of piperidine rings is 1. The fourth-order valence-electron chi connectivity index (χ4n) is 3.77. The minimum atomic E-state index is -0.439. The minimum absolute atomic E-state index is 0.0285. The Balaban J connectivity index is 1.63. The number of carbonyl (C=O) groups is 1. The van der Waals surface area contributed by atoms with Gasteiger partial charge in [0.2, 0.25) is 5.28 Å². The van der Waals surface area contributed by atoms with Crippen molar-refractivity contribution in [2.24, 2.45) is 5.41 Å². The lowest BCUT2D eigenvalue weighted by Crippen LogP contribution is -2.35. The molecule has 0 bridgehead atoms. The molecule has 0 radical (unpaired) electrons. The Morgan fingerprint density at radius 3 is 2.54 bits per heavy atom. The third-order valence-electron chi connectivity index (χ3n) is 5.63. The molecule has 9 heteroatoms. The second kappa shape index (κ2) is 7.01. The second-order valence-electron chi connectivity index (χ2n) is 7.56. The first-order chi connectivity index (χ1) is 13.3. The van der Waals surface area contributed by atoms with Gasteiger partial charge in [0.25, 0.3) is 11.6 Å². The fourth-order valence-corrected chi connectivity index (χ4v) is 3.99. The topological polar surface area (TPSA) is 101 Å². The number of non-ortho nitro benzene ring substituents is 1. The number of aryl methyl sites for hydroxylation is 1. The van der Waals surface area contributed by atoms with Gasteiger partial charge in [0.05, 0.1) is 16.2 Å². The van der Waals surface area contributed by atoms with Gasteiger partial charge in [-0.3, -0.25) is 14.9 Å². The van der Waals surface area contributed by atoms with Crippen molar-refractivity contribution in [3.8, 4) is 0 Å². The molecule has 146 valence electrons. The number of nitro groups is 1. The Morgan fingerprint density at radius 2 is 1.93 bits per heavy atom. The summed E-state index contributed by atoms with van der Waals surface area (Å²) in [4.78, 5) is 33.8. The van der Waals surface area contributed by atoms with Crippen molar-refractivity contribution in [3.63, 3.8) is 0 Å². The maximum Gasteiger partial charge on any atom is 0.271 e. The third kappa shape index (κ3) is 3.77. The number of nitrogens with zero attached hydrogens (tertiary/aromatic N) is 4. The number of hydrogen-bond donors (Lipinski definition) is 1. The maximum absolute atomic E-state index is 12.9. The number of rotatable bonds is 4. The van der Waals surface area contributed by atoms with E-state index in [4.69, 9.17) is 11.6 Å². The van der Waals surface area contributed by atoms with Gasteiger partial charge in [-0.05, 0) is 55.7 Å². The van der Waals surface area contributed by atoms with Crippen molar-refractivity contribution < 1.29 is 9.72 Å². The summed E-state index contributed by atoms with van der Waals surface area (Å²) in [6, 6.07) is 5.95. The van der Waals surface area contributed by atoms with Crippen molar-refractivity contribution in [3.05, 3.63) is 50.9 Å². The molecule has 2 fully saturated rings. The van der Waals surface area contributed by atoms with E-state index in [1.807, 2.05) is 0 Å². The quantitative estimate of drug-likeness (QED) is 0.472. The molecule has 1 aliphatic heterocycles. The number of hydrogen-bond acceptors (Lipinski definition) is 6. The number of aromatic nitrogens is 2. The maximum atomic E-state index is 12.9. The SMILES string of the molecule is Cc1cc(NC(=O)c2ccc([N+](=O)[O-])cc2N2CCC3(CC2)CC3)nc(Cl)n1. The number of amides is 1. The van der Waals surface area contributed by atoms with Crippen LogP contribution >= 0.6 is 11.6 Å². The summed E-state index contributed by atoms with van der Waals surface area (Å²) in [6.45, 7) is 3.34. The van der Waals surface area contributed by atoms with Gasteiger partial charge in [-0.15, -0.1) is 0 Å². The standard InChI is InChI=1S/C19H20ClN5O3/c1-12-10-16(23-18(20)21-12)22-17(26)14-3-2-13(25(27)28)11-15(14)24-8-6-19(4-5-19)7-9-24/h2-3,10-11H,4-9H2,1H3,(H,21,22,23,26). The zero-order valence-electron chi connectivity index (χ0n) is 15.4.